The standard InChI is InChI=1S/C11H20O2S/c1-5-7-9-10(8(6-2)14-7)13-11(3,4)12-9/h7-10H,5-6H2,1-4H3/t7-,8-,9-,10-/m1/s1. The topological polar surface area (TPSA) is 18.5 Å². The Morgan fingerprint density at radius 2 is 1.43 bits per heavy atom. The average Bonchev–Trinajstić information content (AvgIpc) is 2.57. The van der Waals surface area contributed by atoms with E-state index in [1.807, 2.05) is 13.8 Å². The van der Waals surface area contributed by atoms with Crippen molar-refractivity contribution in [1.29, 1.82) is 0 Å². The molecule has 82 valence electrons. The van der Waals surface area contributed by atoms with E-state index in [4.69, 9.17) is 9.47 Å². The van der Waals surface area contributed by atoms with E-state index in [9.17, 15) is 0 Å². The summed E-state index contributed by atoms with van der Waals surface area (Å²) in [6.07, 6.45) is 3.01. The molecule has 0 bridgehead atoms. The first-order valence-corrected chi connectivity index (χ1v) is 6.52. The smallest absolute Gasteiger partial charge is 0.163 e. The number of hydrogen-bond donors (Lipinski definition) is 0. The molecule has 2 heterocycles. The van der Waals surface area contributed by atoms with Crippen molar-refractivity contribution in [2.45, 2.75) is 69.0 Å². The van der Waals surface area contributed by atoms with Crippen LogP contribution in [0.2, 0.25) is 0 Å². The van der Waals surface area contributed by atoms with Gasteiger partial charge in [0.2, 0.25) is 0 Å². The van der Waals surface area contributed by atoms with Crippen LogP contribution in [0.4, 0.5) is 0 Å². The summed E-state index contributed by atoms with van der Waals surface area (Å²) in [5.74, 6) is -0.364. The van der Waals surface area contributed by atoms with Crippen molar-refractivity contribution in [3.63, 3.8) is 0 Å². The van der Waals surface area contributed by atoms with E-state index in [-0.39, 0.29) is 5.79 Å². The Hall–Kier alpha value is 0.270. The number of rotatable bonds is 2. The van der Waals surface area contributed by atoms with E-state index in [0.29, 0.717) is 22.7 Å². The molecule has 3 heteroatoms. The molecule has 0 radical (unpaired) electrons. The van der Waals surface area contributed by atoms with Crippen molar-refractivity contribution in [2.24, 2.45) is 0 Å². The van der Waals surface area contributed by atoms with Crippen LogP contribution in [0.5, 0.6) is 0 Å². The molecule has 0 amide bonds. The van der Waals surface area contributed by atoms with Crippen LogP contribution in [0.3, 0.4) is 0 Å². The third-order valence-electron chi connectivity index (χ3n) is 3.05. The van der Waals surface area contributed by atoms with E-state index in [1.165, 1.54) is 12.8 Å². The van der Waals surface area contributed by atoms with Gasteiger partial charge in [-0.1, -0.05) is 13.8 Å². The molecule has 2 saturated heterocycles. The Morgan fingerprint density at radius 1 is 1.00 bits per heavy atom. The highest BCUT2D eigenvalue weighted by atomic mass is 32.2. The summed E-state index contributed by atoms with van der Waals surface area (Å²) < 4.78 is 11.9. The molecule has 2 nitrogen and oxygen atoms in total. The molecule has 2 fully saturated rings. The maximum Gasteiger partial charge on any atom is 0.163 e. The molecular weight excluding hydrogens is 196 g/mol. The lowest BCUT2D eigenvalue weighted by molar-refractivity contribution is -0.147. The van der Waals surface area contributed by atoms with Gasteiger partial charge >= 0.3 is 0 Å². The maximum atomic E-state index is 5.97. The van der Waals surface area contributed by atoms with Crippen molar-refractivity contribution in [1.82, 2.24) is 0 Å². The molecule has 0 aliphatic carbocycles. The summed E-state index contributed by atoms with van der Waals surface area (Å²) in [6.45, 7) is 8.52. The summed E-state index contributed by atoms with van der Waals surface area (Å²) in [5.41, 5.74) is 0. The second kappa shape index (κ2) is 3.69. The van der Waals surface area contributed by atoms with Crippen LogP contribution in [-0.4, -0.2) is 28.5 Å². The first kappa shape index (κ1) is 10.8. The van der Waals surface area contributed by atoms with Crippen LogP contribution < -0.4 is 0 Å². The van der Waals surface area contributed by atoms with Crippen LogP contribution in [0.25, 0.3) is 0 Å². The highest BCUT2D eigenvalue weighted by molar-refractivity contribution is 8.00. The van der Waals surface area contributed by atoms with Gasteiger partial charge in [0.05, 0.1) is 0 Å². The normalized spacial score (nSPS) is 45.4. The average molecular weight is 216 g/mol. The first-order chi connectivity index (χ1) is 6.57. The number of fused-ring (bicyclic) bond motifs is 1. The highest BCUT2D eigenvalue weighted by Gasteiger charge is 2.53. The second-order valence-corrected chi connectivity index (χ2v) is 6.08. The van der Waals surface area contributed by atoms with Gasteiger partial charge in [-0.05, 0) is 26.7 Å². The molecule has 0 aromatic carbocycles. The molecule has 0 aromatic rings. The molecule has 0 N–H and O–H groups in total. The fraction of sp³-hybridized carbons (Fsp3) is 1.00. The lowest BCUT2D eigenvalue weighted by atomic mass is 10.1. The molecule has 0 unspecified atom stereocenters. The number of hydrogen-bond acceptors (Lipinski definition) is 3. The molecule has 0 aromatic heterocycles. The van der Waals surface area contributed by atoms with Crippen molar-refractivity contribution < 1.29 is 9.47 Å². The summed E-state index contributed by atoms with van der Waals surface area (Å²) in [6, 6.07) is 0. The van der Waals surface area contributed by atoms with Crippen molar-refractivity contribution in [3.8, 4) is 0 Å². The Labute approximate surface area is 90.7 Å². The van der Waals surface area contributed by atoms with Gasteiger partial charge in [0.25, 0.3) is 0 Å². The van der Waals surface area contributed by atoms with E-state index < -0.39 is 0 Å². The summed E-state index contributed by atoms with van der Waals surface area (Å²) in [5, 5.41) is 1.26. The molecule has 2 aliphatic heterocycles. The van der Waals surface area contributed by atoms with Crippen LogP contribution >= 0.6 is 11.8 Å². The summed E-state index contributed by atoms with van der Waals surface area (Å²) in [4.78, 5) is 0. The van der Waals surface area contributed by atoms with Crippen LogP contribution in [0.15, 0.2) is 0 Å². The fourth-order valence-electron chi connectivity index (χ4n) is 2.43. The molecular formula is C11H20O2S. The number of thioether (sulfide) groups is 1. The molecule has 2 rings (SSSR count). The zero-order valence-corrected chi connectivity index (χ0v) is 10.3. The Morgan fingerprint density at radius 3 is 1.79 bits per heavy atom. The van der Waals surface area contributed by atoms with Gasteiger partial charge in [-0.3, -0.25) is 0 Å². The van der Waals surface area contributed by atoms with Crippen molar-refractivity contribution in [3.05, 3.63) is 0 Å². The van der Waals surface area contributed by atoms with Crippen molar-refractivity contribution in [2.75, 3.05) is 0 Å². The zero-order chi connectivity index (χ0) is 10.3. The van der Waals surface area contributed by atoms with Gasteiger partial charge in [-0.2, -0.15) is 0 Å². The molecule has 2 aliphatic rings. The SMILES string of the molecule is CC[C@H]1S[C@H](CC)[C@H]2OC(C)(C)O[C@@H]21. The first-order valence-electron chi connectivity index (χ1n) is 5.58. The third-order valence-corrected chi connectivity index (χ3v) is 4.95. The minimum atomic E-state index is -0.364. The summed E-state index contributed by atoms with van der Waals surface area (Å²) in [7, 11) is 0. The fourth-order valence-corrected chi connectivity index (χ4v) is 3.99. The number of ether oxygens (including phenoxy) is 2. The predicted molar refractivity (Wildman–Crippen MR) is 59.6 cm³/mol. The lowest BCUT2D eigenvalue weighted by Crippen LogP contribution is -2.29. The van der Waals surface area contributed by atoms with E-state index in [0.717, 1.165) is 0 Å². The Bertz CT molecular complexity index is 197. The van der Waals surface area contributed by atoms with Crippen LogP contribution in [0, 0.1) is 0 Å². The molecule has 0 spiro atoms. The highest BCUT2D eigenvalue weighted by Crippen LogP contribution is 2.47. The van der Waals surface area contributed by atoms with Crippen LogP contribution in [0.1, 0.15) is 40.5 Å². The van der Waals surface area contributed by atoms with Crippen molar-refractivity contribution >= 4 is 11.8 Å². The Kier molecular flexibility index (Phi) is 2.84. The van der Waals surface area contributed by atoms with Gasteiger partial charge in [0.1, 0.15) is 12.2 Å². The van der Waals surface area contributed by atoms with E-state index in [1.54, 1.807) is 0 Å². The quantitative estimate of drug-likeness (QED) is 0.707. The zero-order valence-electron chi connectivity index (χ0n) is 9.45. The second-order valence-electron chi connectivity index (χ2n) is 4.59. The van der Waals surface area contributed by atoms with Gasteiger partial charge < -0.3 is 9.47 Å². The van der Waals surface area contributed by atoms with E-state index in [2.05, 4.69) is 25.6 Å². The molecule has 4 atom stereocenters. The van der Waals surface area contributed by atoms with E-state index >= 15 is 0 Å². The monoisotopic (exact) mass is 216 g/mol. The van der Waals surface area contributed by atoms with Gasteiger partial charge in [0, 0.05) is 10.5 Å². The summed E-state index contributed by atoms with van der Waals surface area (Å²) >= 11 is 2.05. The minimum Gasteiger partial charge on any atom is -0.343 e. The predicted octanol–water partition coefficient (Wildman–Crippen LogP) is 2.81. The van der Waals surface area contributed by atoms with Gasteiger partial charge in [-0.25, -0.2) is 0 Å². The molecule has 0 saturated carbocycles. The van der Waals surface area contributed by atoms with Gasteiger partial charge in [-0.15, -0.1) is 11.8 Å². The lowest BCUT2D eigenvalue weighted by Gasteiger charge is -2.22. The minimum absolute atomic E-state index is 0.324. The van der Waals surface area contributed by atoms with Crippen LogP contribution in [-0.2, 0) is 9.47 Å². The molecule has 14 heavy (non-hydrogen) atoms. The maximum absolute atomic E-state index is 5.97. The van der Waals surface area contributed by atoms with Gasteiger partial charge in [0.15, 0.2) is 5.79 Å². The largest absolute Gasteiger partial charge is 0.343 e. The third kappa shape index (κ3) is 1.70. The Balaban J connectivity index is 2.12.